The first-order valence-electron chi connectivity index (χ1n) is 10.3. The maximum atomic E-state index is 13.2. The van der Waals surface area contributed by atoms with Crippen molar-refractivity contribution in [1.29, 1.82) is 0 Å². The molecule has 0 spiro atoms. The van der Waals surface area contributed by atoms with Gasteiger partial charge in [-0.1, -0.05) is 12.8 Å². The van der Waals surface area contributed by atoms with Crippen molar-refractivity contribution in [2.45, 2.75) is 70.3 Å². The largest absolute Gasteiger partial charge is 0.481 e. The Hall–Kier alpha value is -1.63. The molecule has 0 aromatic carbocycles. The predicted octanol–water partition coefficient (Wildman–Crippen LogP) is 2.43. The van der Waals surface area contributed by atoms with Crippen LogP contribution in [0.3, 0.4) is 0 Å². The normalized spacial score (nSPS) is 31.3. The molecule has 0 aromatic heterocycles. The van der Waals surface area contributed by atoms with Crippen LogP contribution in [0.2, 0.25) is 0 Å². The van der Waals surface area contributed by atoms with Gasteiger partial charge in [0, 0.05) is 12.6 Å². The van der Waals surface area contributed by atoms with Gasteiger partial charge in [-0.15, -0.1) is 0 Å². The van der Waals surface area contributed by atoms with Gasteiger partial charge in [-0.25, -0.2) is 0 Å². The van der Waals surface area contributed by atoms with E-state index >= 15 is 0 Å². The Bertz CT molecular complexity index is 557. The van der Waals surface area contributed by atoms with E-state index in [1.807, 2.05) is 0 Å². The third-order valence-electron chi connectivity index (χ3n) is 6.92. The van der Waals surface area contributed by atoms with Gasteiger partial charge < -0.3 is 20.3 Å². The van der Waals surface area contributed by atoms with Crippen LogP contribution in [0, 0.1) is 23.2 Å². The quantitative estimate of drug-likeness (QED) is 0.624. The van der Waals surface area contributed by atoms with Gasteiger partial charge in [-0.3, -0.25) is 14.4 Å². The highest BCUT2D eigenvalue weighted by molar-refractivity contribution is 5.84. The Morgan fingerprint density at radius 1 is 1.04 bits per heavy atom. The zero-order valence-corrected chi connectivity index (χ0v) is 15.8. The summed E-state index contributed by atoms with van der Waals surface area (Å²) in [5.41, 5.74) is -0.602. The van der Waals surface area contributed by atoms with E-state index in [1.54, 1.807) is 0 Å². The molecule has 0 aromatic rings. The summed E-state index contributed by atoms with van der Waals surface area (Å²) in [5, 5.41) is 22.0. The number of hydrogen-bond acceptors (Lipinski definition) is 4. The standard InChI is InChI=1S/C20H31NO6/c22-17(23)13-3-5-15(6-4-13)21-19(26)20(8-1-2-9-20)11-16(18(24)25)14-7-10-27-12-14/h13-16H,1-12H2,(H,21,26)(H,22,23)(H,24,25)/t13-,14?,15+,16?. The highest BCUT2D eigenvalue weighted by atomic mass is 16.5. The molecule has 3 fully saturated rings. The Morgan fingerprint density at radius 3 is 2.22 bits per heavy atom. The van der Waals surface area contributed by atoms with Crippen LogP contribution in [0.25, 0.3) is 0 Å². The summed E-state index contributed by atoms with van der Waals surface area (Å²) >= 11 is 0. The van der Waals surface area contributed by atoms with Crippen LogP contribution in [0.1, 0.15) is 64.2 Å². The van der Waals surface area contributed by atoms with Crippen molar-refractivity contribution in [2.24, 2.45) is 23.2 Å². The number of carboxylic acids is 2. The first-order chi connectivity index (χ1) is 12.9. The zero-order chi connectivity index (χ0) is 19.4. The smallest absolute Gasteiger partial charge is 0.306 e. The second kappa shape index (κ2) is 8.59. The molecule has 152 valence electrons. The summed E-state index contributed by atoms with van der Waals surface area (Å²) < 4.78 is 5.39. The summed E-state index contributed by atoms with van der Waals surface area (Å²) in [6.45, 7) is 1.06. The van der Waals surface area contributed by atoms with Crippen LogP contribution < -0.4 is 5.32 Å². The van der Waals surface area contributed by atoms with E-state index in [4.69, 9.17) is 9.84 Å². The summed E-state index contributed by atoms with van der Waals surface area (Å²) in [6, 6.07) is 0.00340. The maximum absolute atomic E-state index is 13.2. The third-order valence-corrected chi connectivity index (χ3v) is 6.92. The molecule has 3 aliphatic rings. The summed E-state index contributed by atoms with van der Waals surface area (Å²) in [6.07, 6.45) is 7.03. The van der Waals surface area contributed by atoms with Crippen molar-refractivity contribution in [3.63, 3.8) is 0 Å². The highest BCUT2D eigenvalue weighted by Crippen LogP contribution is 2.46. The van der Waals surface area contributed by atoms with Crippen LogP contribution in [0.15, 0.2) is 0 Å². The summed E-state index contributed by atoms with van der Waals surface area (Å²) in [5.74, 6) is -2.47. The van der Waals surface area contributed by atoms with E-state index in [0.29, 0.717) is 45.3 Å². The van der Waals surface area contributed by atoms with E-state index in [1.165, 1.54) is 0 Å². The molecule has 27 heavy (non-hydrogen) atoms. The molecule has 2 unspecified atom stereocenters. The van der Waals surface area contributed by atoms with E-state index in [-0.39, 0.29) is 23.8 Å². The lowest BCUT2D eigenvalue weighted by molar-refractivity contribution is -0.147. The van der Waals surface area contributed by atoms with Gasteiger partial charge in [0.1, 0.15) is 0 Å². The number of carbonyl (C=O) groups excluding carboxylic acids is 1. The van der Waals surface area contributed by atoms with Gasteiger partial charge in [-0.05, 0) is 57.3 Å². The van der Waals surface area contributed by atoms with Gasteiger partial charge in [0.2, 0.25) is 5.91 Å². The van der Waals surface area contributed by atoms with Crippen LogP contribution >= 0.6 is 0 Å². The molecule has 7 heteroatoms. The molecule has 7 nitrogen and oxygen atoms in total. The third kappa shape index (κ3) is 4.62. The predicted molar refractivity (Wildman–Crippen MR) is 97.1 cm³/mol. The topological polar surface area (TPSA) is 113 Å². The van der Waals surface area contributed by atoms with E-state index in [0.717, 1.165) is 32.1 Å². The first kappa shape index (κ1) is 20.1. The van der Waals surface area contributed by atoms with Crippen LogP contribution in [-0.4, -0.2) is 47.3 Å². The minimum Gasteiger partial charge on any atom is -0.481 e. The van der Waals surface area contributed by atoms with Gasteiger partial charge in [0.25, 0.3) is 0 Å². The Balaban J connectivity index is 1.64. The van der Waals surface area contributed by atoms with Crippen molar-refractivity contribution in [3.8, 4) is 0 Å². The van der Waals surface area contributed by atoms with E-state index < -0.39 is 23.3 Å². The Kier molecular flexibility index (Phi) is 6.40. The van der Waals surface area contributed by atoms with Crippen LogP contribution in [0.5, 0.6) is 0 Å². The van der Waals surface area contributed by atoms with Gasteiger partial charge >= 0.3 is 11.9 Å². The molecule has 1 heterocycles. The molecule has 3 rings (SSSR count). The van der Waals surface area contributed by atoms with Crippen molar-refractivity contribution in [3.05, 3.63) is 0 Å². The minimum absolute atomic E-state index is 0.00340. The van der Waals surface area contributed by atoms with Crippen molar-refractivity contribution in [2.75, 3.05) is 13.2 Å². The molecular weight excluding hydrogens is 350 g/mol. The molecule has 1 saturated heterocycles. The fourth-order valence-corrected chi connectivity index (χ4v) is 5.15. The number of amides is 1. The van der Waals surface area contributed by atoms with Crippen LogP contribution in [-0.2, 0) is 19.1 Å². The maximum Gasteiger partial charge on any atom is 0.306 e. The highest BCUT2D eigenvalue weighted by Gasteiger charge is 2.47. The molecule has 2 aliphatic carbocycles. The number of aliphatic carboxylic acids is 2. The lowest BCUT2D eigenvalue weighted by Gasteiger charge is -2.35. The lowest BCUT2D eigenvalue weighted by atomic mass is 9.72. The van der Waals surface area contributed by atoms with E-state index in [2.05, 4.69) is 5.32 Å². The molecule has 1 aliphatic heterocycles. The second-order valence-corrected chi connectivity index (χ2v) is 8.62. The molecule has 2 atom stereocenters. The molecule has 1 amide bonds. The Morgan fingerprint density at radius 2 is 1.70 bits per heavy atom. The number of hydrogen-bond donors (Lipinski definition) is 3. The monoisotopic (exact) mass is 381 g/mol. The fraction of sp³-hybridized carbons (Fsp3) is 0.850. The van der Waals surface area contributed by atoms with Gasteiger partial charge in [0.05, 0.1) is 23.9 Å². The minimum atomic E-state index is -0.827. The summed E-state index contributed by atoms with van der Waals surface area (Å²) in [4.78, 5) is 36.2. The number of carbonyl (C=O) groups is 3. The average molecular weight is 381 g/mol. The molecule has 2 saturated carbocycles. The van der Waals surface area contributed by atoms with Crippen molar-refractivity contribution >= 4 is 17.8 Å². The average Bonchev–Trinajstić information content (AvgIpc) is 3.32. The summed E-state index contributed by atoms with van der Waals surface area (Å²) in [7, 11) is 0. The zero-order valence-electron chi connectivity index (χ0n) is 15.8. The van der Waals surface area contributed by atoms with Crippen molar-refractivity contribution in [1.82, 2.24) is 5.32 Å². The number of ether oxygens (including phenoxy) is 1. The number of carboxylic acid groups (broad SMARTS) is 2. The number of rotatable bonds is 7. The van der Waals surface area contributed by atoms with Crippen molar-refractivity contribution < 1.29 is 29.3 Å². The van der Waals surface area contributed by atoms with Crippen LogP contribution in [0.4, 0.5) is 0 Å². The number of nitrogens with one attached hydrogen (secondary N) is 1. The Labute approximate surface area is 159 Å². The molecular formula is C20H31NO6. The van der Waals surface area contributed by atoms with Gasteiger partial charge in [-0.2, -0.15) is 0 Å². The molecule has 3 N–H and O–H groups in total. The fourth-order valence-electron chi connectivity index (χ4n) is 5.15. The second-order valence-electron chi connectivity index (χ2n) is 8.62. The van der Waals surface area contributed by atoms with Gasteiger partial charge in [0.15, 0.2) is 0 Å². The molecule has 0 bridgehead atoms. The SMILES string of the molecule is O=C(O)C(CC1(C(=O)N[C@H]2CC[C@@H](C(=O)O)CC2)CCCC1)C1CCOC1. The first-order valence-corrected chi connectivity index (χ1v) is 10.3. The van der Waals surface area contributed by atoms with E-state index in [9.17, 15) is 19.5 Å². The lowest BCUT2D eigenvalue weighted by Crippen LogP contribution is -2.47. The molecule has 0 radical (unpaired) electrons.